The third-order valence-corrected chi connectivity index (χ3v) is 4.73. The van der Waals surface area contributed by atoms with Crippen molar-refractivity contribution in [1.29, 1.82) is 0 Å². The third-order valence-electron chi connectivity index (χ3n) is 3.17. The Kier molecular flexibility index (Phi) is 4.00. The Balaban J connectivity index is 2.27. The van der Waals surface area contributed by atoms with Crippen molar-refractivity contribution >= 4 is 17.2 Å². The summed E-state index contributed by atoms with van der Waals surface area (Å²) in [5.41, 5.74) is 2.08. The zero-order chi connectivity index (χ0) is 14.9. The molecule has 1 heterocycles. The molecule has 20 heavy (non-hydrogen) atoms. The molecule has 0 aliphatic heterocycles. The second-order valence-corrected chi connectivity index (χ2v) is 7.27. The minimum absolute atomic E-state index is 0.0399. The van der Waals surface area contributed by atoms with Gasteiger partial charge in [-0.15, -0.1) is 11.3 Å². The van der Waals surface area contributed by atoms with Gasteiger partial charge in [0.25, 0.3) is 5.91 Å². The summed E-state index contributed by atoms with van der Waals surface area (Å²) in [5.74, 6) is 0.0399. The van der Waals surface area contributed by atoms with E-state index >= 15 is 0 Å². The zero-order valence-corrected chi connectivity index (χ0v) is 13.5. The number of thiophene rings is 1. The quantitative estimate of drug-likeness (QED) is 0.801. The Morgan fingerprint density at radius 3 is 2.05 bits per heavy atom. The van der Waals surface area contributed by atoms with Crippen molar-refractivity contribution in [2.24, 2.45) is 0 Å². The van der Waals surface area contributed by atoms with Gasteiger partial charge in [-0.2, -0.15) is 0 Å². The molecule has 0 saturated carbocycles. The van der Waals surface area contributed by atoms with Gasteiger partial charge < -0.3 is 4.90 Å². The van der Waals surface area contributed by atoms with Crippen LogP contribution < -0.4 is 0 Å². The van der Waals surface area contributed by atoms with Crippen LogP contribution in [0.3, 0.4) is 0 Å². The molecule has 2 nitrogen and oxygen atoms in total. The Bertz CT molecular complexity index is 603. The fraction of sp³-hybridized carbons (Fsp3) is 0.353. The number of rotatable bonds is 2. The zero-order valence-electron chi connectivity index (χ0n) is 12.7. The highest BCUT2D eigenvalue weighted by atomic mass is 32.1. The van der Waals surface area contributed by atoms with Crippen molar-refractivity contribution in [1.82, 2.24) is 4.90 Å². The second-order valence-electron chi connectivity index (χ2n) is 6.19. The number of benzene rings is 1. The van der Waals surface area contributed by atoms with E-state index in [4.69, 9.17) is 0 Å². The average molecular weight is 287 g/mol. The van der Waals surface area contributed by atoms with Crippen LogP contribution in [0, 0.1) is 0 Å². The average Bonchev–Trinajstić information content (AvgIpc) is 2.87. The largest absolute Gasteiger partial charge is 0.345 e. The summed E-state index contributed by atoms with van der Waals surface area (Å²) in [7, 11) is 3.54. The minimum Gasteiger partial charge on any atom is -0.345 e. The summed E-state index contributed by atoms with van der Waals surface area (Å²) in [6, 6.07) is 12.2. The van der Waals surface area contributed by atoms with Gasteiger partial charge in [-0.25, -0.2) is 0 Å². The molecule has 0 spiro atoms. The van der Waals surface area contributed by atoms with Gasteiger partial charge in [0.15, 0.2) is 0 Å². The maximum atomic E-state index is 11.9. The number of nitrogens with zero attached hydrogens (tertiary/aromatic N) is 1. The van der Waals surface area contributed by atoms with Gasteiger partial charge in [-0.1, -0.05) is 32.9 Å². The molecule has 0 N–H and O–H groups in total. The SMILES string of the molecule is CN(C)C(=O)c1ccc(-c2ccc(C(C)(C)C)s2)cc1. The number of hydrogen-bond donors (Lipinski definition) is 0. The van der Waals surface area contributed by atoms with E-state index in [1.54, 1.807) is 19.0 Å². The molecular formula is C17H21NOS. The van der Waals surface area contributed by atoms with Gasteiger partial charge in [0.1, 0.15) is 0 Å². The van der Waals surface area contributed by atoms with Crippen LogP contribution in [0.15, 0.2) is 36.4 Å². The first-order chi connectivity index (χ1) is 9.29. The molecule has 0 atom stereocenters. The third kappa shape index (κ3) is 3.10. The minimum atomic E-state index is 0.0399. The molecule has 0 bridgehead atoms. The molecule has 2 rings (SSSR count). The van der Waals surface area contributed by atoms with Crippen LogP contribution >= 0.6 is 11.3 Å². The molecule has 3 heteroatoms. The first-order valence-electron chi connectivity index (χ1n) is 6.71. The monoisotopic (exact) mass is 287 g/mol. The molecule has 1 aromatic carbocycles. The topological polar surface area (TPSA) is 20.3 Å². The fourth-order valence-electron chi connectivity index (χ4n) is 1.93. The molecule has 0 radical (unpaired) electrons. The fourth-order valence-corrected chi connectivity index (χ4v) is 3.00. The van der Waals surface area contributed by atoms with E-state index in [1.807, 2.05) is 35.6 Å². The number of carbonyl (C=O) groups excluding carboxylic acids is 1. The van der Waals surface area contributed by atoms with Crippen LogP contribution in [0.2, 0.25) is 0 Å². The van der Waals surface area contributed by atoms with Crippen LogP contribution in [-0.2, 0) is 5.41 Å². The smallest absolute Gasteiger partial charge is 0.253 e. The highest BCUT2D eigenvalue weighted by molar-refractivity contribution is 7.15. The van der Waals surface area contributed by atoms with Gasteiger partial charge in [-0.05, 0) is 35.2 Å². The van der Waals surface area contributed by atoms with Crippen molar-refractivity contribution < 1.29 is 4.79 Å². The molecular weight excluding hydrogens is 266 g/mol. The maximum Gasteiger partial charge on any atom is 0.253 e. The van der Waals surface area contributed by atoms with Crippen molar-refractivity contribution in [3.8, 4) is 10.4 Å². The van der Waals surface area contributed by atoms with Gasteiger partial charge in [0.05, 0.1) is 0 Å². The second kappa shape index (κ2) is 5.41. The summed E-state index contributed by atoms with van der Waals surface area (Å²) >= 11 is 1.82. The molecule has 1 aromatic heterocycles. The Hall–Kier alpha value is -1.61. The summed E-state index contributed by atoms with van der Waals surface area (Å²) in [4.78, 5) is 16.1. The van der Waals surface area contributed by atoms with Crippen LogP contribution in [0.5, 0.6) is 0 Å². The molecule has 0 saturated heterocycles. The highest BCUT2D eigenvalue weighted by Gasteiger charge is 2.16. The number of hydrogen-bond acceptors (Lipinski definition) is 2. The Morgan fingerprint density at radius 2 is 1.60 bits per heavy atom. The first-order valence-corrected chi connectivity index (χ1v) is 7.53. The molecule has 106 valence electrons. The molecule has 0 aliphatic rings. The molecule has 2 aromatic rings. The van der Waals surface area contributed by atoms with Crippen molar-refractivity contribution in [2.45, 2.75) is 26.2 Å². The lowest BCUT2D eigenvalue weighted by Crippen LogP contribution is -2.21. The number of amides is 1. The van der Waals surface area contributed by atoms with Crippen molar-refractivity contribution in [2.75, 3.05) is 14.1 Å². The van der Waals surface area contributed by atoms with E-state index in [1.165, 1.54) is 15.3 Å². The maximum absolute atomic E-state index is 11.9. The molecule has 1 amide bonds. The van der Waals surface area contributed by atoms with E-state index in [0.29, 0.717) is 0 Å². The summed E-state index contributed by atoms with van der Waals surface area (Å²) < 4.78 is 0. The summed E-state index contributed by atoms with van der Waals surface area (Å²) in [5, 5.41) is 0. The van der Waals surface area contributed by atoms with Gasteiger partial charge in [0.2, 0.25) is 0 Å². The summed E-state index contributed by atoms with van der Waals surface area (Å²) in [6.45, 7) is 6.67. The number of carbonyl (C=O) groups is 1. The lowest BCUT2D eigenvalue weighted by atomic mass is 9.95. The molecule has 0 aliphatic carbocycles. The van der Waals surface area contributed by atoms with Gasteiger partial charge >= 0.3 is 0 Å². The predicted octanol–water partition coefficient (Wildman–Crippen LogP) is 4.41. The normalized spacial score (nSPS) is 11.4. The Morgan fingerprint density at radius 1 is 1.00 bits per heavy atom. The molecule has 0 unspecified atom stereocenters. The lowest BCUT2D eigenvalue weighted by molar-refractivity contribution is 0.0827. The van der Waals surface area contributed by atoms with Gasteiger partial charge in [0, 0.05) is 29.4 Å². The van der Waals surface area contributed by atoms with E-state index in [-0.39, 0.29) is 11.3 Å². The highest BCUT2D eigenvalue weighted by Crippen LogP contribution is 2.34. The van der Waals surface area contributed by atoms with Crippen molar-refractivity contribution in [3.05, 3.63) is 46.8 Å². The van der Waals surface area contributed by atoms with E-state index in [0.717, 1.165) is 5.56 Å². The lowest BCUT2D eigenvalue weighted by Gasteiger charge is -2.15. The van der Waals surface area contributed by atoms with E-state index in [2.05, 4.69) is 32.9 Å². The van der Waals surface area contributed by atoms with Crippen LogP contribution in [0.4, 0.5) is 0 Å². The van der Waals surface area contributed by atoms with E-state index < -0.39 is 0 Å². The van der Waals surface area contributed by atoms with E-state index in [9.17, 15) is 4.79 Å². The standard InChI is InChI=1S/C17H21NOS/c1-17(2,3)15-11-10-14(20-15)12-6-8-13(9-7-12)16(19)18(4)5/h6-11H,1-5H3. The predicted molar refractivity (Wildman–Crippen MR) is 86.5 cm³/mol. The van der Waals surface area contributed by atoms with Crippen molar-refractivity contribution in [3.63, 3.8) is 0 Å². The summed E-state index contributed by atoms with van der Waals surface area (Å²) in [6.07, 6.45) is 0. The van der Waals surface area contributed by atoms with Crippen LogP contribution in [-0.4, -0.2) is 24.9 Å². The van der Waals surface area contributed by atoms with Crippen LogP contribution in [0.25, 0.3) is 10.4 Å². The first kappa shape index (κ1) is 14.8. The Labute approximate surface area is 125 Å². The van der Waals surface area contributed by atoms with Gasteiger partial charge in [-0.3, -0.25) is 4.79 Å². The molecule has 0 fully saturated rings. The van der Waals surface area contributed by atoms with Crippen LogP contribution in [0.1, 0.15) is 36.0 Å².